The summed E-state index contributed by atoms with van der Waals surface area (Å²) < 4.78 is 0. The second-order valence-corrected chi connectivity index (χ2v) is 2.41. The molecular weight excluding hydrogens is 136 g/mol. The first-order valence-electron chi connectivity index (χ1n) is 2.75. The number of carbonyl (C=O) groups is 1. The summed E-state index contributed by atoms with van der Waals surface area (Å²) in [4.78, 5) is 12.4. The Morgan fingerprint density at radius 1 is 1.78 bits per heavy atom. The molecule has 0 saturated carbocycles. The summed E-state index contributed by atoms with van der Waals surface area (Å²) in [6.07, 6.45) is 0.552. The molecule has 1 saturated heterocycles. The molecule has 0 aromatic heterocycles. The molecular formula is C5H8N2OS. The van der Waals surface area contributed by atoms with Gasteiger partial charge in [-0.1, -0.05) is 0 Å². The van der Waals surface area contributed by atoms with Crippen molar-refractivity contribution in [3.63, 3.8) is 0 Å². The molecule has 1 heterocycles. The Labute approximate surface area is 59.0 Å². The molecule has 0 radical (unpaired) electrons. The molecule has 9 heavy (non-hydrogen) atoms. The number of nitrogens with one attached hydrogen (secondary N) is 1. The highest BCUT2D eigenvalue weighted by Crippen LogP contribution is 1.95. The van der Waals surface area contributed by atoms with Gasteiger partial charge < -0.3 is 10.2 Å². The van der Waals surface area contributed by atoms with Gasteiger partial charge >= 0.3 is 0 Å². The summed E-state index contributed by atoms with van der Waals surface area (Å²) in [5.41, 5.74) is 0. The summed E-state index contributed by atoms with van der Waals surface area (Å²) in [6, 6.07) is 0. The lowest BCUT2D eigenvalue weighted by Crippen LogP contribution is -2.47. The summed E-state index contributed by atoms with van der Waals surface area (Å²) in [5.74, 6) is 0.0260. The minimum absolute atomic E-state index is 0.0260. The van der Waals surface area contributed by atoms with Crippen molar-refractivity contribution in [2.45, 2.75) is 6.42 Å². The normalized spacial score (nSPS) is 19.9. The predicted molar refractivity (Wildman–Crippen MR) is 38.0 cm³/mol. The van der Waals surface area contributed by atoms with E-state index in [4.69, 9.17) is 12.2 Å². The zero-order chi connectivity index (χ0) is 6.85. The highest BCUT2D eigenvalue weighted by molar-refractivity contribution is 7.80. The van der Waals surface area contributed by atoms with Crippen LogP contribution in [0.15, 0.2) is 0 Å². The fourth-order valence-electron chi connectivity index (χ4n) is 0.648. The number of hydrogen-bond acceptors (Lipinski definition) is 2. The topological polar surface area (TPSA) is 32.3 Å². The van der Waals surface area contributed by atoms with Crippen LogP contribution in [0.5, 0.6) is 0 Å². The number of nitrogens with zero attached hydrogens (tertiary/aromatic N) is 1. The Balaban J connectivity index is 2.54. The number of carbonyl (C=O) groups excluding carboxylic acids is 1. The van der Waals surface area contributed by atoms with Crippen LogP contribution in [0.25, 0.3) is 0 Å². The molecule has 0 bridgehead atoms. The molecule has 0 aliphatic carbocycles. The second-order valence-electron chi connectivity index (χ2n) is 2.02. The molecule has 4 heteroatoms. The molecule has 0 unspecified atom stereocenters. The average molecular weight is 144 g/mol. The molecule has 3 nitrogen and oxygen atoms in total. The van der Waals surface area contributed by atoms with Gasteiger partial charge in [-0.05, 0) is 12.2 Å². The number of amides is 1. The van der Waals surface area contributed by atoms with Gasteiger partial charge in [0.05, 0.1) is 0 Å². The van der Waals surface area contributed by atoms with Crippen LogP contribution in [0.1, 0.15) is 6.42 Å². The molecule has 50 valence electrons. The van der Waals surface area contributed by atoms with E-state index in [1.54, 1.807) is 0 Å². The maximum absolute atomic E-state index is 10.6. The lowest BCUT2D eigenvalue weighted by atomic mass is 10.3. The van der Waals surface area contributed by atoms with Crippen molar-refractivity contribution in [1.82, 2.24) is 10.2 Å². The van der Waals surface area contributed by atoms with Crippen LogP contribution in [0, 0.1) is 0 Å². The van der Waals surface area contributed by atoms with E-state index in [0.717, 1.165) is 6.54 Å². The van der Waals surface area contributed by atoms with Crippen LogP contribution >= 0.6 is 12.2 Å². The van der Waals surface area contributed by atoms with E-state index in [1.165, 1.54) is 0 Å². The molecule has 1 amide bonds. The molecule has 1 aliphatic heterocycles. The molecule has 1 aliphatic rings. The summed E-state index contributed by atoms with van der Waals surface area (Å²) in [7, 11) is 1.86. The third-order valence-corrected chi connectivity index (χ3v) is 1.68. The summed E-state index contributed by atoms with van der Waals surface area (Å²) in [5, 5.41) is 3.08. The smallest absolute Gasteiger partial charge is 0.227 e. The number of hydrogen-bond donors (Lipinski definition) is 1. The van der Waals surface area contributed by atoms with Crippen LogP contribution in [0.3, 0.4) is 0 Å². The summed E-state index contributed by atoms with van der Waals surface area (Å²) in [6.45, 7) is 0.741. The van der Waals surface area contributed by atoms with Crippen LogP contribution in [-0.2, 0) is 4.79 Å². The van der Waals surface area contributed by atoms with Crippen LogP contribution < -0.4 is 5.32 Å². The molecule has 1 fully saturated rings. The molecule has 1 N–H and O–H groups in total. The minimum Gasteiger partial charge on any atom is -0.352 e. The number of rotatable bonds is 0. The van der Waals surface area contributed by atoms with Crippen LogP contribution in [0.4, 0.5) is 0 Å². The van der Waals surface area contributed by atoms with Crippen molar-refractivity contribution in [1.29, 1.82) is 0 Å². The monoisotopic (exact) mass is 144 g/mol. The predicted octanol–water partition coefficient (Wildman–Crippen LogP) is -0.277. The van der Waals surface area contributed by atoms with Gasteiger partial charge in [-0.2, -0.15) is 0 Å². The third kappa shape index (κ3) is 1.38. The van der Waals surface area contributed by atoms with Gasteiger partial charge in [-0.15, -0.1) is 0 Å². The Morgan fingerprint density at radius 3 is 2.89 bits per heavy atom. The van der Waals surface area contributed by atoms with E-state index in [-0.39, 0.29) is 5.91 Å². The van der Waals surface area contributed by atoms with E-state index in [0.29, 0.717) is 11.5 Å². The van der Waals surface area contributed by atoms with E-state index in [2.05, 4.69) is 5.32 Å². The highest BCUT2D eigenvalue weighted by atomic mass is 32.1. The van der Waals surface area contributed by atoms with Gasteiger partial charge in [0, 0.05) is 20.0 Å². The first-order chi connectivity index (χ1) is 4.20. The van der Waals surface area contributed by atoms with Crippen molar-refractivity contribution in [2.24, 2.45) is 0 Å². The van der Waals surface area contributed by atoms with Gasteiger partial charge in [0.25, 0.3) is 0 Å². The molecule has 0 atom stereocenters. The Kier molecular flexibility index (Phi) is 1.66. The van der Waals surface area contributed by atoms with Crippen molar-refractivity contribution in [3.8, 4) is 0 Å². The largest absolute Gasteiger partial charge is 0.352 e. The average Bonchev–Trinajstić information content (AvgIpc) is 1.80. The van der Waals surface area contributed by atoms with Gasteiger partial charge in [0.1, 0.15) is 0 Å². The van der Waals surface area contributed by atoms with Gasteiger partial charge in [0.15, 0.2) is 5.11 Å². The van der Waals surface area contributed by atoms with E-state index >= 15 is 0 Å². The van der Waals surface area contributed by atoms with Crippen molar-refractivity contribution in [2.75, 3.05) is 13.6 Å². The third-order valence-electron chi connectivity index (χ3n) is 1.27. The minimum atomic E-state index is 0.0260. The lowest BCUT2D eigenvalue weighted by molar-refractivity contribution is -0.120. The van der Waals surface area contributed by atoms with Crippen molar-refractivity contribution in [3.05, 3.63) is 0 Å². The standard InChI is InChI=1S/C5H8N2OS/c1-7-3-2-4(8)6-5(7)9/h2-3H2,1H3,(H,6,8,9). The fraction of sp³-hybridized carbons (Fsp3) is 0.600. The van der Waals surface area contributed by atoms with E-state index < -0.39 is 0 Å². The van der Waals surface area contributed by atoms with E-state index in [1.807, 2.05) is 11.9 Å². The molecule has 0 spiro atoms. The van der Waals surface area contributed by atoms with Gasteiger partial charge in [-0.3, -0.25) is 4.79 Å². The zero-order valence-electron chi connectivity index (χ0n) is 5.18. The van der Waals surface area contributed by atoms with Gasteiger partial charge in [-0.25, -0.2) is 0 Å². The fourth-order valence-corrected chi connectivity index (χ4v) is 0.853. The highest BCUT2D eigenvalue weighted by Gasteiger charge is 2.14. The SMILES string of the molecule is CN1CCC(=O)NC1=S. The maximum atomic E-state index is 10.6. The van der Waals surface area contributed by atoms with Crippen molar-refractivity contribution >= 4 is 23.2 Å². The first-order valence-corrected chi connectivity index (χ1v) is 3.16. The number of thiocarbonyl (C=S) groups is 1. The lowest BCUT2D eigenvalue weighted by Gasteiger charge is -2.24. The first kappa shape index (κ1) is 6.48. The maximum Gasteiger partial charge on any atom is 0.227 e. The zero-order valence-corrected chi connectivity index (χ0v) is 5.99. The second kappa shape index (κ2) is 2.31. The Morgan fingerprint density at radius 2 is 2.44 bits per heavy atom. The van der Waals surface area contributed by atoms with Crippen LogP contribution in [0.2, 0.25) is 0 Å². The molecule has 0 aromatic carbocycles. The van der Waals surface area contributed by atoms with E-state index in [9.17, 15) is 4.79 Å². The quantitative estimate of drug-likeness (QED) is 0.475. The van der Waals surface area contributed by atoms with Crippen LogP contribution in [-0.4, -0.2) is 29.5 Å². The Bertz CT molecular complexity index is 157. The van der Waals surface area contributed by atoms with Crippen molar-refractivity contribution < 1.29 is 4.79 Å². The summed E-state index contributed by atoms with van der Waals surface area (Å²) >= 11 is 4.80. The Hall–Kier alpha value is -0.640. The molecule has 1 rings (SSSR count). The van der Waals surface area contributed by atoms with Gasteiger partial charge in [0.2, 0.25) is 5.91 Å². The molecule has 0 aromatic rings.